The number of nitro groups is 1. The number of hydrogen-bond acceptors (Lipinski definition) is 7. The Morgan fingerprint density at radius 2 is 2.03 bits per heavy atom. The zero-order chi connectivity index (χ0) is 21.7. The van der Waals surface area contributed by atoms with E-state index < -0.39 is 4.92 Å². The van der Waals surface area contributed by atoms with Crippen LogP contribution in [0.1, 0.15) is 47.0 Å². The number of carbonyl (C=O) groups is 1. The van der Waals surface area contributed by atoms with Gasteiger partial charge in [-0.15, -0.1) is 11.3 Å². The van der Waals surface area contributed by atoms with Gasteiger partial charge in [0.25, 0.3) is 5.69 Å². The van der Waals surface area contributed by atoms with Gasteiger partial charge in [0.1, 0.15) is 10.8 Å². The number of aryl methyl sites for hydroxylation is 1. The van der Waals surface area contributed by atoms with E-state index in [4.69, 9.17) is 21.7 Å². The van der Waals surface area contributed by atoms with Gasteiger partial charge in [-0.25, -0.2) is 4.79 Å². The second-order valence-corrected chi connectivity index (χ2v) is 8.22. The second-order valence-electron chi connectivity index (χ2n) is 6.71. The molecule has 1 aromatic heterocycles. The summed E-state index contributed by atoms with van der Waals surface area (Å²) in [5.74, 6) is -0.0592. The van der Waals surface area contributed by atoms with Crippen LogP contribution in [0.5, 0.6) is 5.75 Å². The van der Waals surface area contributed by atoms with E-state index in [9.17, 15) is 14.9 Å². The van der Waals surface area contributed by atoms with Crippen molar-refractivity contribution in [2.24, 2.45) is 0 Å². The summed E-state index contributed by atoms with van der Waals surface area (Å²) in [4.78, 5) is 24.3. The summed E-state index contributed by atoms with van der Waals surface area (Å²) < 4.78 is 10.5. The highest BCUT2D eigenvalue weighted by atomic mass is 32.1. The molecule has 0 unspecified atom stereocenters. The number of methoxy groups -OCH3 is 1. The van der Waals surface area contributed by atoms with Crippen molar-refractivity contribution in [3.63, 3.8) is 0 Å². The van der Waals surface area contributed by atoms with Crippen LogP contribution in [0.4, 0.5) is 16.4 Å². The minimum atomic E-state index is -0.493. The maximum absolute atomic E-state index is 12.6. The third kappa shape index (κ3) is 4.88. The molecular weight excluding hydrogens is 426 g/mol. The average molecular weight is 450 g/mol. The molecular formula is C20H23N3O5S2. The van der Waals surface area contributed by atoms with E-state index in [0.29, 0.717) is 28.6 Å². The summed E-state index contributed by atoms with van der Waals surface area (Å²) in [6.07, 6.45) is 5.06. The zero-order valence-corrected chi connectivity index (χ0v) is 18.4. The summed E-state index contributed by atoms with van der Waals surface area (Å²) in [7, 11) is 1.43. The van der Waals surface area contributed by atoms with Crippen LogP contribution in [0.15, 0.2) is 18.2 Å². The van der Waals surface area contributed by atoms with E-state index in [1.165, 1.54) is 41.5 Å². The number of carbonyl (C=O) groups excluding carboxylic acids is 1. The average Bonchev–Trinajstić information content (AvgIpc) is 2.88. The summed E-state index contributed by atoms with van der Waals surface area (Å²) >= 11 is 6.96. The van der Waals surface area contributed by atoms with Crippen LogP contribution >= 0.6 is 23.6 Å². The molecule has 0 fully saturated rings. The molecule has 30 heavy (non-hydrogen) atoms. The van der Waals surface area contributed by atoms with Crippen LogP contribution in [0, 0.1) is 10.1 Å². The Morgan fingerprint density at radius 3 is 2.73 bits per heavy atom. The summed E-state index contributed by atoms with van der Waals surface area (Å²) in [6.45, 7) is 2.08. The van der Waals surface area contributed by atoms with E-state index >= 15 is 0 Å². The lowest BCUT2D eigenvalue weighted by Gasteiger charge is -2.14. The van der Waals surface area contributed by atoms with E-state index in [1.807, 2.05) is 0 Å². The van der Waals surface area contributed by atoms with Gasteiger partial charge in [-0.2, -0.15) is 0 Å². The van der Waals surface area contributed by atoms with Gasteiger partial charge >= 0.3 is 5.97 Å². The lowest BCUT2D eigenvalue weighted by Crippen LogP contribution is -2.21. The molecule has 0 spiro atoms. The molecule has 1 aliphatic rings. The Labute approximate surface area is 183 Å². The maximum atomic E-state index is 12.6. The smallest absolute Gasteiger partial charge is 0.341 e. The number of rotatable bonds is 6. The number of thiocarbonyl (C=S) groups is 1. The highest BCUT2D eigenvalue weighted by Gasteiger charge is 2.26. The largest absolute Gasteiger partial charge is 0.494 e. The van der Waals surface area contributed by atoms with E-state index in [0.717, 1.165) is 37.7 Å². The number of nitrogens with one attached hydrogen (secondary N) is 2. The Balaban J connectivity index is 1.85. The van der Waals surface area contributed by atoms with Gasteiger partial charge in [0, 0.05) is 10.9 Å². The summed E-state index contributed by atoms with van der Waals surface area (Å²) in [5, 5.41) is 18.0. The number of ether oxygens (including phenoxy) is 2. The minimum Gasteiger partial charge on any atom is -0.494 e. The van der Waals surface area contributed by atoms with Crippen molar-refractivity contribution >= 4 is 51.0 Å². The molecule has 8 nitrogen and oxygen atoms in total. The van der Waals surface area contributed by atoms with Gasteiger partial charge in [0.15, 0.2) is 5.11 Å². The number of nitro benzene ring substituents is 1. The molecule has 0 atom stereocenters. The number of non-ortho nitro benzene ring substituents is 1. The second kappa shape index (κ2) is 9.86. The fraction of sp³-hybridized carbons (Fsp3) is 0.400. The van der Waals surface area contributed by atoms with Gasteiger partial charge in [-0.05, 0) is 56.5 Å². The van der Waals surface area contributed by atoms with Crippen molar-refractivity contribution in [1.29, 1.82) is 0 Å². The number of esters is 1. The standard InChI is InChI=1S/C20H23N3O5S2/c1-3-28-19(24)17-13-7-5-4-6-8-16(13)30-18(17)22-20(29)21-14-10-9-12(23(25)26)11-15(14)27-2/h9-11H,3-8H2,1-2H3,(H2,21,22,29). The van der Waals surface area contributed by atoms with Gasteiger partial charge in [-0.1, -0.05) is 6.42 Å². The lowest BCUT2D eigenvalue weighted by atomic mass is 10.1. The van der Waals surface area contributed by atoms with Crippen LogP contribution in [0.2, 0.25) is 0 Å². The van der Waals surface area contributed by atoms with Gasteiger partial charge in [0.05, 0.1) is 36.0 Å². The number of fused-ring (bicyclic) bond motifs is 1. The zero-order valence-electron chi connectivity index (χ0n) is 16.8. The molecule has 0 radical (unpaired) electrons. The highest BCUT2D eigenvalue weighted by Crippen LogP contribution is 2.38. The number of thiophene rings is 1. The molecule has 2 aromatic rings. The monoisotopic (exact) mass is 449 g/mol. The third-order valence-electron chi connectivity index (χ3n) is 4.77. The maximum Gasteiger partial charge on any atom is 0.341 e. The van der Waals surface area contributed by atoms with Crippen molar-refractivity contribution < 1.29 is 19.2 Å². The molecule has 0 amide bonds. The predicted octanol–water partition coefficient (Wildman–Crippen LogP) is 4.92. The molecule has 10 heteroatoms. The molecule has 3 rings (SSSR count). The number of benzene rings is 1. The van der Waals surface area contributed by atoms with Crippen molar-refractivity contribution in [2.45, 2.75) is 39.0 Å². The fourth-order valence-corrected chi connectivity index (χ4v) is 4.96. The molecule has 160 valence electrons. The van der Waals surface area contributed by atoms with Crippen molar-refractivity contribution in [2.75, 3.05) is 24.4 Å². The molecule has 1 aromatic carbocycles. The molecule has 0 saturated carbocycles. The first-order valence-electron chi connectivity index (χ1n) is 9.66. The van der Waals surface area contributed by atoms with Gasteiger partial charge in [0.2, 0.25) is 0 Å². The number of nitrogens with zero attached hydrogens (tertiary/aromatic N) is 1. The quantitative estimate of drug-likeness (QED) is 0.211. The highest BCUT2D eigenvalue weighted by molar-refractivity contribution is 7.80. The Morgan fingerprint density at radius 1 is 1.27 bits per heavy atom. The SMILES string of the molecule is CCOC(=O)c1c(NC(=S)Nc2ccc([N+](=O)[O-])cc2OC)sc2c1CCCCC2. The van der Waals surface area contributed by atoms with Crippen molar-refractivity contribution in [1.82, 2.24) is 0 Å². The Bertz CT molecular complexity index is 974. The van der Waals surface area contributed by atoms with Crippen LogP contribution in [-0.2, 0) is 17.6 Å². The first kappa shape index (κ1) is 22.0. The van der Waals surface area contributed by atoms with Gasteiger partial charge < -0.3 is 20.1 Å². The number of anilines is 2. The van der Waals surface area contributed by atoms with Crippen LogP contribution in [0.3, 0.4) is 0 Å². The van der Waals surface area contributed by atoms with Crippen molar-refractivity contribution in [3.8, 4) is 5.75 Å². The molecule has 0 aliphatic heterocycles. The third-order valence-corrected chi connectivity index (χ3v) is 6.18. The van der Waals surface area contributed by atoms with Gasteiger partial charge in [-0.3, -0.25) is 10.1 Å². The molecule has 1 aliphatic carbocycles. The lowest BCUT2D eigenvalue weighted by molar-refractivity contribution is -0.384. The van der Waals surface area contributed by atoms with E-state index in [1.54, 1.807) is 6.92 Å². The van der Waals surface area contributed by atoms with Crippen LogP contribution in [0.25, 0.3) is 0 Å². The first-order valence-corrected chi connectivity index (χ1v) is 10.9. The molecule has 0 bridgehead atoms. The fourth-order valence-electron chi connectivity index (χ4n) is 3.40. The summed E-state index contributed by atoms with van der Waals surface area (Å²) in [6, 6.07) is 4.22. The topological polar surface area (TPSA) is 103 Å². The van der Waals surface area contributed by atoms with Crippen LogP contribution in [-0.4, -0.2) is 29.7 Å². The first-order chi connectivity index (χ1) is 14.4. The normalized spacial score (nSPS) is 13.0. The van der Waals surface area contributed by atoms with Crippen LogP contribution < -0.4 is 15.4 Å². The Hall–Kier alpha value is -2.72. The minimum absolute atomic E-state index is 0.0807. The molecule has 1 heterocycles. The Kier molecular flexibility index (Phi) is 7.22. The predicted molar refractivity (Wildman–Crippen MR) is 121 cm³/mol. The molecule has 0 saturated heterocycles. The van der Waals surface area contributed by atoms with Crippen molar-refractivity contribution in [3.05, 3.63) is 44.3 Å². The molecule has 2 N–H and O–H groups in total. The van der Waals surface area contributed by atoms with E-state index in [2.05, 4.69) is 10.6 Å². The summed E-state index contributed by atoms with van der Waals surface area (Å²) in [5.41, 5.74) is 2.01. The van der Waals surface area contributed by atoms with E-state index in [-0.39, 0.29) is 16.8 Å². The number of hydrogen-bond donors (Lipinski definition) is 2.